The van der Waals surface area contributed by atoms with Crippen LogP contribution in [0.4, 0.5) is 5.69 Å². The second-order valence-electron chi connectivity index (χ2n) is 6.39. The number of ether oxygens (including phenoxy) is 1. The smallest absolute Gasteiger partial charge is 0.254 e. The zero-order valence-electron chi connectivity index (χ0n) is 13.7. The van der Waals surface area contributed by atoms with Crippen molar-refractivity contribution in [2.45, 2.75) is 32.4 Å². The molecule has 0 N–H and O–H groups in total. The minimum Gasteiger partial charge on any atom is -0.375 e. The monoisotopic (exact) mass is 338 g/mol. The first-order valence-electron chi connectivity index (χ1n) is 7.80. The van der Waals surface area contributed by atoms with Crippen molar-refractivity contribution in [1.29, 1.82) is 0 Å². The highest BCUT2D eigenvalue weighted by Gasteiger charge is 2.33. The lowest BCUT2D eigenvalue weighted by Crippen LogP contribution is -2.44. The van der Waals surface area contributed by atoms with Gasteiger partial charge >= 0.3 is 0 Å². The van der Waals surface area contributed by atoms with Crippen LogP contribution in [0.3, 0.4) is 0 Å². The number of amides is 1. The summed E-state index contributed by atoms with van der Waals surface area (Å²) in [6.45, 7) is 5.56. The van der Waals surface area contributed by atoms with Gasteiger partial charge in [0.2, 0.25) is 10.0 Å². The molecule has 1 saturated heterocycles. The lowest BCUT2D eigenvalue weighted by Gasteiger charge is -2.31. The molecule has 2 atom stereocenters. The van der Waals surface area contributed by atoms with Crippen LogP contribution < -0.4 is 4.31 Å². The molecular weight excluding hydrogens is 316 g/mol. The zero-order valence-corrected chi connectivity index (χ0v) is 14.5. The van der Waals surface area contributed by atoms with Gasteiger partial charge in [0.25, 0.3) is 5.91 Å². The number of rotatable bonds is 2. The van der Waals surface area contributed by atoms with Gasteiger partial charge in [0.05, 0.1) is 24.7 Å². The molecule has 1 aromatic carbocycles. The molecular formula is C16H22N2O4S. The molecule has 7 heteroatoms. The maximum atomic E-state index is 12.6. The minimum absolute atomic E-state index is 0.0200. The Morgan fingerprint density at radius 1 is 1.30 bits per heavy atom. The van der Waals surface area contributed by atoms with E-state index in [0.717, 1.165) is 5.56 Å². The summed E-state index contributed by atoms with van der Waals surface area (Å²) in [5.41, 5.74) is 2.21. The zero-order chi connectivity index (χ0) is 16.8. The fraction of sp³-hybridized carbons (Fsp3) is 0.562. The van der Waals surface area contributed by atoms with Crippen LogP contribution in [0.2, 0.25) is 0 Å². The van der Waals surface area contributed by atoms with Crippen LogP contribution in [0.15, 0.2) is 18.2 Å². The fourth-order valence-corrected chi connectivity index (χ4v) is 4.69. The Labute approximate surface area is 137 Å². The van der Waals surface area contributed by atoms with Gasteiger partial charge in [-0.25, -0.2) is 8.42 Å². The summed E-state index contributed by atoms with van der Waals surface area (Å²) < 4.78 is 30.8. The third-order valence-corrected chi connectivity index (χ3v) is 5.64. The van der Waals surface area contributed by atoms with E-state index in [0.29, 0.717) is 37.4 Å². The lowest BCUT2D eigenvalue weighted by molar-refractivity contribution is -0.0124. The molecule has 0 aliphatic carbocycles. The van der Waals surface area contributed by atoms with Gasteiger partial charge < -0.3 is 9.64 Å². The largest absolute Gasteiger partial charge is 0.375 e. The van der Waals surface area contributed by atoms with E-state index in [2.05, 4.69) is 0 Å². The summed E-state index contributed by atoms with van der Waals surface area (Å²) in [5.74, 6) is -0.0200. The molecule has 1 amide bonds. The second-order valence-corrected chi connectivity index (χ2v) is 8.25. The molecule has 0 unspecified atom stereocenters. The molecule has 0 radical (unpaired) electrons. The molecule has 3 rings (SSSR count). The summed E-state index contributed by atoms with van der Waals surface area (Å²) in [4.78, 5) is 14.4. The predicted molar refractivity (Wildman–Crippen MR) is 88.2 cm³/mol. The predicted octanol–water partition coefficient (Wildman–Crippen LogP) is 1.26. The van der Waals surface area contributed by atoms with E-state index in [9.17, 15) is 13.2 Å². The number of carbonyl (C=O) groups excluding carboxylic acids is 1. The Balaban J connectivity index is 1.88. The topological polar surface area (TPSA) is 66.9 Å². The fourth-order valence-electron chi connectivity index (χ4n) is 3.43. The molecule has 23 heavy (non-hydrogen) atoms. The number of nitrogens with zero attached hydrogens (tertiary/aromatic N) is 2. The maximum Gasteiger partial charge on any atom is 0.254 e. The highest BCUT2D eigenvalue weighted by Crippen LogP contribution is 2.35. The van der Waals surface area contributed by atoms with Crippen molar-refractivity contribution >= 4 is 21.6 Å². The Morgan fingerprint density at radius 3 is 2.70 bits per heavy atom. The quantitative estimate of drug-likeness (QED) is 0.814. The molecule has 0 saturated carbocycles. The number of hydrogen-bond acceptors (Lipinski definition) is 4. The molecule has 2 aliphatic heterocycles. The highest BCUT2D eigenvalue weighted by molar-refractivity contribution is 7.92. The molecule has 1 fully saturated rings. The van der Waals surface area contributed by atoms with Gasteiger partial charge in [-0.05, 0) is 44.0 Å². The summed E-state index contributed by atoms with van der Waals surface area (Å²) in [6, 6.07) is 5.18. The van der Waals surface area contributed by atoms with Crippen LogP contribution in [-0.2, 0) is 21.2 Å². The molecule has 2 aliphatic rings. The standard InChI is InChI=1S/C16H22N2O4S/c1-11-8-14-9-13(4-5-15(14)18(11)23(3,20)21)16(19)17-6-7-22-12(2)10-17/h4-5,9,11-12H,6-8,10H2,1-3H3/t11-,12-/m1/s1. The maximum absolute atomic E-state index is 12.6. The van der Waals surface area contributed by atoms with Crippen molar-refractivity contribution in [3.05, 3.63) is 29.3 Å². The van der Waals surface area contributed by atoms with Crippen molar-refractivity contribution in [3.8, 4) is 0 Å². The normalized spacial score (nSPS) is 24.7. The number of benzene rings is 1. The van der Waals surface area contributed by atoms with Crippen molar-refractivity contribution in [3.63, 3.8) is 0 Å². The van der Waals surface area contributed by atoms with E-state index >= 15 is 0 Å². The Bertz CT molecular complexity index is 732. The van der Waals surface area contributed by atoms with Crippen LogP contribution >= 0.6 is 0 Å². The third-order valence-electron chi connectivity index (χ3n) is 4.37. The SMILES string of the molecule is C[C@@H]1CN(C(=O)c2ccc3c(c2)C[C@@H](C)N3S(C)(=O)=O)CCO1. The van der Waals surface area contributed by atoms with E-state index in [1.807, 2.05) is 19.9 Å². The number of hydrogen-bond donors (Lipinski definition) is 0. The average Bonchev–Trinajstić information content (AvgIpc) is 2.81. The molecule has 0 spiro atoms. The first-order chi connectivity index (χ1) is 10.8. The second kappa shape index (κ2) is 5.79. The van der Waals surface area contributed by atoms with Crippen LogP contribution in [0.25, 0.3) is 0 Å². The highest BCUT2D eigenvalue weighted by atomic mass is 32.2. The Morgan fingerprint density at radius 2 is 2.04 bits per heavy atom. The molecule has 1 aromatic rings. The van der Waals surface area contributed by atoms with Gasteiger partial charge in [-0.15, -0.1) is 0 Å². The minimum atomic E-state index is -3.30. The molecule has 0 bridgehead atoms. The number of anilines is 1. The van der Waals surface area contributed by atoms with Gasteiger partial charge in [-0.2, -0.15) is 0 Å². The molecule has 126 valence electrons. The van der Waals surface area contributed by atoms with E-state index in [-0.39, 0.29) is 18.1 Å². The first-order valence-corrected chi connectivity index (χ1v) is 9.65. The lowest BCUT2D eigenvalue weighted by atomic mass is 10.1. The summed E-state index contributed by atoms with van der Waals surface area (Å²) in [7, 11) is -3.30. The van der Waals surface area contributed by atoms with Crippen molar-refractivity contribution in [2.75, 3.05) is 30.3 Å². The van der Waals surface area contributed by atoms with E-state index < -0.39 is 10.0 Å². The van der Waals surface area contributed by atoms with Gasteiger partial charge in [0.1, 0.15) is 0 Å². The average molecular weight is 338 g/mol. The van der Waals surface area contributed by atoms with Crippen molar-refractivity contribution < 1.29 is 17.9 Å². The summed E-state index contributed by atoms with van der Waals surface area (Å²) in [6.07, 6.45) is 1.89. The number of fused-ring (bicyclic) bond motifs is 1. The van der Waals surface area contributed by atoms with E-state index in [1.165, 1.54) is 10.6 Å². The van der Waals surface area contributed by atoms with Gasteiger partial charge in [-0.1, -0.05) is 0 Å². The Hall–Kier alpha value is -1.60. The Kier molecular flexibility index (Phi) is 4.10. The van der Waals surface area contributed by atoms with Crippen LogP contribution in [0.5, 0.6) is 0 Å². The van der Waals surface area contributed by atoms with E-state index in [4.69, 9.17) is 4.74 Å². The van der Waals surface area contributed by atoms with E-state index in [1.54, 1.807) is 17.0 Å². The van der Waals surface area contributed by atoms with Crippen LogP contribution in [0.1, 0.15) is 29.8 Å². The van der Waals surface area contributed by atoms with Crippen LogP contribution in [-0.4, -0.2) is 57.3 Å². The third kappa shape index (κ3) is 3.07. The van der Waals surface area contributed by atoms with Gasteiger partial charge in [0.15, 0.2) is 0 Å². The molecule has 2 heterocycles. The van der Waals surface area contributed by atoms with Gasteiger partial charge in [0, 0.05) is 24.7 Å². The van der Waals surface area contributed by atoms with Gasteiger partial charge in [-0.3, -0.25) is 9.10 Å². The summed E-state index contributed by atoms with van der Waals surface area (Å²) in [5, 5.41) is 0. The summed E-state index contributed by atoms with van der Waals surface area (Å²) >= 11 is 0. The first kappa shape index (κ1) is 16.3. The molecule has 6 nitrogen and oxygen atoms in total. The van der Waals surface area contributed by atoms with Crippen molar-refractivity contribution in [2.24, 2.45) is 0 Å². The number of morpholine rings is 1. The number of sulfonamides is 1. The van der Waals surface area contributed by atoms with Crippen LogP contribution in [0, 0.1) is 0 Å². The van der Waals surface area contributed by atoms with Crippen molar-refractivity contribution in [1.82, 2.24) is 4.90 Å². The molecule has 0 aromatic heterocycles. The number of carbonyl (C=O) groups is 1.